The number of piperidine rings is 1. The van der Waals surface area contributed by atoms with Crippen LogP contribution in [0, 0.1) is 0 Å². The second-order valence-corrected chi connectivity index (χ2v) is 8.64. The number of nitrogens with two attached hydrogens (primary N) is 1. The van der Waals surface area contributed by atoms with Crippen molar-refractivity contribution in [1.82, 2.24) is 24.6 Å². The molecule has 1 saturated heterocycles. The number of nitrogens with zero attached hydrogens (tertiary/aromatic N) is 5. The van der Waals surface area contributed by atoms with Gasteiger partial charge in [-0.2, -0.15) is 5.10 Å². The molecule has 4 aromatic rings. The molecule has 8 nitrogen and oxygen atoms in total. The van der Waals surface area contributed by atoms with E-state index in [4.69, 9.17) is 27.2 Å². The van der Waals surface area contributed by atoms with Gasteiger partial charge in [0.15, 0.2) is 5.65 Å². The van der Waals surface area contributed by atoms with Gasteiger partial charge in [0, 0.05) is 31.0 Å². The first kappa shape index (κ1) is 25.4. The molecule has 1 amide bonds. The van der Waals surface area contributed by atoms with Crippen molar-refractivity contribution >= 4 is 34.4 Å². The molecule has 1 fully saturated rings. The van der Waals surface area contributed by atoms with Crippen LogP contribution in [0.1, 0.15) is 39.2 Å². The average Bonchev–Trinajstić information content (AvgIpc) is 3.32. The molecule has 188 valence electrons. The molecule has 2 aromatic carbocycles. The molecule has 3 heterocycles. The van der Waals surface area contributed by atoms with Crippen LogP contribution in [0.5, 0.6) is 11.5 Å². The maximum Gasteiger partial charge on any atom is 0.223 e. The number of anilines is 1. The largest absolute Gasteiger partial charge is 0.457 e. The van der Waals surface area contributed by atoms with Crippen molar-refractivity contribution in [2.45, 2.75) is 39.2 Å². The topological polar surface area (TPSA) is 99.2 Å². The van der Waals surface area contributed by atoms with Gasteiger partial charge in [-0.3, -0.25) is 4.79 Å². The quantitative estimate of drug-likeness (QED) is 0.337. The predicted octanol–water partition coefficient (Wildman–Crippen LogP) is 5.69. The average molecular weight is 507 g/mol. The van der Waals surface area contributed by atoms with Crippen molar-refractivity contribution in [3.05, 3.63) is 60.9 Å². The van der Waals surface area contributed by atoms with Gasteiger partial charge >= 0.3 is 0 Å². The minimum Gasteiger partial charge on any atom is -0.457 e. The van der Waals surface area contributed by atoms with Gasteiger partial charge in [0.05, 0.1) is 11.4 Å². The third-order valence-corrected chi connectivity index (χ3v) is 6.22. The lowest BCUT2D eigenvalue weighted by Crippen LogP contribution is -2.41. The lowest BCUT2D eigenvalue weighted by Gasteiger charge is -2.33. The highest BCUT2D eigenvalue weighted by Gasteiger charge is 2.28. The van der Waals surface area contributed by atoms with Crippen molar-refractivity contribution in [2.75, 3.05) is 24.7 Å². The van der Waals surface area contributed by atoms with Crippen LogP contribution >= 0.6 is 11.6 Å². The van der Waals surface area contributed by atoms with Crippen molar-refractivity contribution in [3.63, 3.8) is 0 Å². The summed E-state index contributed by atoms with van der Waals surface area (Å²) in [4.78, 5) is 23.0. The van der Waals surface area contributed by atoms with Crippen LogP contribution in [0.2, 0.25) is 0 Å². The Morgan fingerprint density at radius 2 is 1.81 bits per heavy atom. The van der Waals surface area contributed by atoms with Crippen LogP contribution in [-0.2, 0) is 4.79 Å². The first-order valence-electron chi connectivity index (χ1n) is 12.3. The van der Waals surface area contributed by atoms with Crippen molar-refractivity contribution < 1.29 is 9.53 Å². The number of halogens is 1. The highest BCUT2D eigenvalue weighted by Crippen LogP contribution is 2.34. The van der Waals surface area contributed by atoms with Crippen LogP contribution in [-0.4, -0.2) is 49.5 Å². The molecule has 1 unspecified atom stereocenters. The molecular weight excluding hydrogens is 476 g/mol. The summed E-state index contributed by atoms with van der Waals surface area (Å²) in [6, 6.07) is 17.3. The Labute approximate surface area is 216 Å². The van der Waals surface area contributed by atoms with Crippen LogP contribution < -0.4 is 10.5 Å². The van der Waals surface area contributed by atoms with E-state index >= 15 is 0 Å². The second kappa shape index (κ2) is 11.9. The molecule has 2 N–H and O–H groups in total. The fraction of sp³-hybridized carbons (Fsp3) is 0.333. The van der Waals surface area contributed by atoms with Crippen LogP contribution in [0.15, 0.2) is 60.9 Å². The summed E-state index contributed by atoms with van der Waals surface area (Å²) in [5.74, 6) is 2.26. The molecule has 2 aromatic heterocycles. The Hall–Kier alpha value is -3.65. The van der Waals surface area contributed by atoms with Crippen molar-refractivity contribution in [3.8, 4) is 22.8 Å². The number of carbonyl (C=O) groups excluding carboxylic acids is 1. The van der Waals surface area contributed by atoms with Gasteiger partial charge in [-0.25, -0.2) is 14.6 Å². The van der Waals surface area contributed by atoms with Gasteiger partial charge in [-0.05, 0) is 49.2 Å². The normalized spacial score (nSPS) is 15.3. The molecule has 5 rings (SSSR count). The maximum absolute atomic E-state index is 12.4. The van der Waals surface area contributed by atoms with E-state index in [0.717, 1.165) is 36.4 Å². The first-order valence-corrected chi connectivity index (χ1v) is 12.8. The number of benzene rings is 2. The molecule has 0 spiro atoms. The minimum absolute atomic E-state index is 0.000683. The third kappa shape index (κ3) is 5.44. The van der Waals surface area contributed by atoms with E-state index in [9.17, 15) is 4.79 Å². The summed E-state index contributed by atoms with van der Waals surface area (Å²) >= 11 is 5.79. The van der Waals surface area contributed by atoms with E-state index in [2.05, 4.69) is 9.97 Å². The summed E-state index contributed by atoms with van der Waals surface area (Å²) in [5.41, 5.74) is 8.54. The molecular formula is C27H31ClN6O2. The summed E-state index contributed by atoms with van der Waals surface area (Å²) in [7, 11) is 0. The summed E-state index contributed by atoms with van der Waals surface area (Å²) in [6.07, 6.45) is 3.58. The molecule has 0 radical (unpaired) electrons. The van der Waals surface area contributed by atoms with Gasteiger partial charge in [0.25, 0.3) is 0 Å². The number of ether oxygens (including phenoxy) is 1. The zero-order valence-corrected chi connectivity index (χ0v) is 21.4. The molecule has 36 heavy (non-hydrogen) atoms. The molecule has 1 aliphatic heterocycles. The highest BCUT2D eigenvalue weighted by atomic mass is 35.5. The number of para-hydroxylation sites is 1. The van der Waals surface area contributed by atoms with Gasteiger partial charge in [-0.1, -0.05) is 32.0 Å². The molecule has 1 aliphatic rings. The fourth-order valence-electron chi connectivity index (χ4n) is 4.38. The number of amides is 1. The number of hydrogen-bond donors (Lipinski definition) is 1. The Balaban J connectivity index is 0.00000148. The Morgan fingerprint density at radius 1 is 1.08 bits per heavy atom. The number of hydrogen-bond acceptors (Lipinski definition) is 6. The first-order chi connectivity index (χ1) is 17.6. The summed E-state index contributed by atoms with van der Waals surface area (Å²) < 4.78 is 7.81. The predicted molar refractivity (Wildman–Crippen MR) is 143 cm³/mol. The zero-order valence-electron chi connectivity index (χ0n) is 20.6. The second-order valence-electron chi connectivity index (χ2n) is 8.26. The molecule has 0 bridgehead atoms. The highest BCUT2D eigenvalue weighted by molar-refractivity contribution is 6.18. The van der Waals surface area contributed by atoms with Crippen LogP contribution in [0.25, 0.3) is 22.3 Å². The Bertz CT molecular complexity index is 1290. The van der Waals surface area contributed by atoms with E-state index < -0.39 is 0 Å². The van der Waals surface area contributed by atoms with Crippen molar-refractivity contribution in [2.24, 2.45) is 0 Å². The number of nitrogen functional groups attached to an aromatic ring is 1. The van der Waals surface area contributed by atoms with Crippen molar-refractivity contribution in [1.29, 1.82) is 0 Å². The summed E-state index contributed by atoms with van der Waals surface area (Å²) in [6.45, 7) is 5.30. The molecule has 9 heteroatoms. The Kier molecular flexibility index (Phi) is 8.38. The molecule has 0 aliphatic carbocycles. The Morgan fingerprint density at radius 3 is 2.53 bits per heavy atom. The maximum atomic E-state index is 12.4. The van der Waals surface area contributed by atoms with Gasteiger partial charge in [-0.15, -0.1) is 11.6 Å². The molecule has 1 atom stereocenters. The molecule has 0 saturated carbocycles. The lowest BCUT2D eigenvalue weighted by molar-refractivity contribution is -0.132. The van der Waals surface area contributed by atoms with E-state index in [1.807, 2.05) is 78.0 Å². The number of alkyl halides is 1. The van der Waals surface area contributed by atoms with E-state index in [1.165, 1.54) is 6.33 Å². The van der Waals surface area contributed by atoms with E-state index in [0.29, 0.717) is 41.4 Å². The van der Waals surface area contributed by atoms with Gasteiger partial charge in [0.2, 0.25) is 5.91 Å². The zero-order chi connectivity index (χ0) is 25.5. The van der Waals surface area contributed by atoms with Crippen LogP contribution in [0.3, 0.4) is 0 Å². The smallest absolute Gasteiger partial charge is 0.223 e. The van der Waals surface area contributed by atoms with E-state index in [-0.39, 0.29) is 11.9 Å². The number of rotatable bonds is 6. The van der Waals surface area contributed by atoms with Crippen LogP contribution in [0.4, 0.5) is 5.82 Å². The summed E-state index contributed by atoms with van der Waals surface area (Å²) in [5, 5.41) is 5.64. The van der Waals surface area contributed by atoms with Gasteiger partial charge < -0.3 is 15.4 Å². The fourth-order valence-corrected chi connectivity index (χ4v) is 4.54. The number of fused-ring (bicyclic) bond motifs is 1. The number of aromatic nitrogens is 4. The third-order valence-electron chi connectivity index (χ3n) is 6.03. The lowest BCUT2D eigenvalue weighted by atomic mass is 10.1. The number of likely N-dealkylation sites (tertiary alicyclic amines) is 1. The minimum atomic E-state index is -0.000683. The number of carbonyl (C=O) groups is 1. The monoisotopic (exact) mass is 506 g/mol. The SMILES string of the molecule is CC.Nc1ncnc2c1c(-c1ccc(Oc3ccccc3)cc1)nn2C1CCCN(C(=O)CCCl)C1. The van der Waals surface area contributed by atoms with Gasteiger partial charge in [0.1, 0.15) is 29.3 Å². The van der Waals surface area contributed by atoms with E-state index in [1.54, 1.807) is 0 Å². The standard InChI is InChI=1S/C25H25ClN6O2.C2H6/c26-13-12-21(33)31-14-4-5-18(15-31)32-25-22(24(27)28-16-29-25)23(30-32)17-8-10-20(11-9-17)34-19-6-2-1-3-7-19;1-2/h1-3,6-11,16,18H,4-5,12-15H2,(H2,27,28,29);1-2H3.